The van der Waals surface area contributed by atoms with E-state index in [1.54, 1.807) is 22.8 Å². The monoisotopic (exact) mass is 565 g/mol. The van der Waals surface area contributed by atoms with Crippen LogP contribution in [0.25, 0.3) is 0 Å². The molecule has 1 aromatic heterocycles. The van der Waals surface area contributed by atoms with E-state index in [2.05, 4.69) is 20.8 Å². The lowest BCUT2D eigenvalue weighted by Gasteiger charge is -2.10. The summed E-state index contributed by atoms with van der Waals surface area (Å²) in [6.45, 7) is 2.41. The van der Waals surface area contributed by atoms with Crippen LogP contribution in [0.15, 0.2) is 35.5 Å². The van der Waals surface area contributed by atoms with Gasteiger partial charge in [-0.15, -0.1) is 10.2 Å². The lowest BCUT2D eigenvalue weighted by molar-refractivity contribution is -0.116. The lowest BCUT2D eigenvalue weighted by atomic mass is 10.3. The van der Waals surface area contributed by atoms with Crippen molar-refractivity contribution in [1.82, 2.24) is 14.8 Å². The third-order valence-electron chi connectivity index (χ3n) is 4.25. The van der Waals surface area contributed by atoms with Crippen LogP contribution in [0.2, 0.25) is 25.1 Å². The zero-order valence-electron chi connectivity index (χ0n) is 17.0. The standard InChI is InChI=1S/C20H16Cl5N5O2S/c1-2-30-17(8-18(31)26-10-3-4-11(21)12(22)5-10)28-29-20(30)33-9-19(32)27-16-7-14(24)13(23)6-15(16)25/h3-7H,2,8-9H2,1H3,(H,26,31)(H,27,32). The van der Waals surface area contributed by atoms with Crippen molar-refractivity contribution >= 4 is 93.0 Å². The number of rotatable bonds is 8. The fourth-order valence-electron chi connectivity index (χ4n) is 2.73. The Morgan fingerprint density at radius 1 is 0.879 bits per heavy atom. The summed E-state index contributed by atoms with van der Waals surface area (Å²) in [5.41, 5.74) is 0.873. The van der Waals surface area contributed by atoms with Gasteiger partial charge in [0.05, 0.1) is 43.0 Å². The third-order valence-corrected chi connectivity index (χ3v) is 6.99. The molecule has 2 N–H and O–H groups in total. The van der Waals surface area contributed by atoms with Crippen LogP contribution in [0.4, 0.5) is 11.4 Å². The molecule has 0 aliphatic rings. The maximum Gasteiger partial charge on any atom is 0.234 e. The number of amides is 2. The number of anilines is 2. The average Bonchev–Trinajstić information content (AvgIpc) is 3.14. The fourth-order valence-corrected chi connectivity index (χ4v) is 4.45. The van der Waals surface area contributed by atoms with Crippen molar-refractivity contribution in [3.63, 3.8) is 0 Å². The van der Waals surface area contributed by atoms with Crippen molar-refractivity contribution in [2.75, 3.05) is 16.4 Å². The third kappa shape index (κ3) is 6.91. The van der Waals surface area contributed by atoms with Crippen LogP contribution >= 0.6 is 69.8 Å². The molecule has 33 heavy (non-hydrogen) atoms. The summed E-state index contributed by atoms with van der Waals surface area (Å²) in [5, 5.41) is 15.7. The van der Waals surface area contributed by atoms with Crippen LogP contribution in [-0.2, 0) is 22.6 Å². The Labute approximate surface area is 219 Å². The van der Waals surface area contributed by atoms with Crippen molar-refractivity contribution < 1.29 is 9.59 Å². The molecule has 0 unspecified atom stereocenters. The smallest absolute Gasteiger partial charge is 0.234 e. The molecule has 0 aliphatic heterocycles. The van der Waals surface area contributed by atoms with E-state index in [9.17, 15) is 9.59 Å². The second kappa shape index (κ2) is 11.6. The quantitative estimate of drug-likeness (QED) is 0.240. The van der Waals surface area contributed by atoms with Crippen molar-refractivity contribution in [2.24, 2.45) is 0 Å². The summed E-state index contributed by atoms with van der Waals surface area (Å²) in [4.78, 5) is 24.8. The summed E-state index contributed by atoms with van der Waals surface area (Å²) >= 11 is 31.0. The van der Waals surface area contributed by atoms with Crippen LogP contribution in [-0.4, -0.2) is 32.3 Å². The van der Waals surface area contributed by atoms with Crippen LogP contribution in [0, 0.1) is 0 Å². The maximum atomic E-state index is 12.4. The predicted molar refractivity (Wildman–Crippen MR) is 135 cm³/mol. The molecule has 0 atom stereocenters. The molecule has 2 aromatic carbocycles. The minimum atomic E-state index is -0.315. The number of nitrogens with one attached hydrogen (secondary N) is 2. The van der Waals surface area contributed by atoms with Crippen molar-refractivity contribution in [3.8, 4) is 0 Å². The Kier molecular flexibility index (Phi) is 9.15. The molecule has 174 valence electrons. The van der Waals surface area contributed by atoms with Crippen molar-refractivity contribution in [1.29, 1.82) is 0 Å². The largest absolute Gasteiger partial charge is 0.326 e. The van der Waals surface area contributed by atoms with E-state index in [4.69, 9.17) is 58.0 Å². The van der Waals surface area contributed by atoms with E-state index in [0.29, 0.717) is 44.0 Å². The number of hydrogen-bond donors (Lipinski definition) is 2. The number of nitrogens with zero attached hydrogens (tertiary/aromatic N) is 3. The highest BCUT2D eigenvalue weighted by Gasteiger charge is 2.17. The minimum absolute atomic E-state index is 0.00722. The molecule has 2 amide bonds. The second-order valence-corrected chi connectivity index (χ2v) is 9.56. The number of carbonyl (C=O) groups is 2. The molecule has 0 aliphatic carbocycles. The van der Waals surface area contributed by atoms with E-state index < -0.39 is 0 Å². The van der Waals surface area contributed by atoms with E-state index in [1.807, 2.05) is 6.92 Å². The van der Waals surface area contributed by atoms with Gasteiger partial charge in [-0.1, -0.05) is 69.8 Å². The van der Waals surface area contributed by atoms with Crippen LogP contribution in [0.5, 0.6) is 0 Å². The van der Waals surface area contributed by atoms with Gasteiger partial charge in [0.1, 0.15) is 5.82 Å². The molecule has 3 aromatic rings. The highest BCUT2D eigenvalue weighted by Crippen LogP contribution is 2.32. The van der Waals surface area contributed by atoms with Crippen LogP contribution < -0.4 is 10.6 Å². The molecule has 1 heterocycles. The van der Waals surface area contributed by atoms with E-state index in [-0.39, 0.29) is 34.0 Å². The maximum absolute atomic E-state index is 12.4. The molecule has 0 fully saturated rings. The van der Waals surface area contributed by atoms with Gasteiger partial charge >= 0.3 is 0 Å². The Bertz CT molecular complexity index is 1200. The fraction of sp³-hybridized carbons (Fsp3) is 0.200. The van der Waals surface area contributed by atoms with Gasteiger partial charge in [-0.05, 0) is 37.3 Å². The summed E-state index contributed by atoms with van der Waals surface area (Å²) in [7, 11) is 0. The summed E-state index contributed by atoms with van der Waals surface area (Å²) in [5.74, 6) is -0.0983. The molecule has 7 nitrogen and oxygen atoms in total. The molecule has 0 saturated carbocycles. The van der Waals surface area contributed by atoms with Gasteiger partial charge < -0.3 is 15.2 Å². The van der Waals surface area contributed by atoms with Gasteiger partial charge in [0.2, 0.25) is 11.8 Å². The zero-order valence-corrected chi connectivity index (χ0v) is 21.6. The lowest BCUT2D eigenvalue weighted by Crippen LogP contribution is -2.18. The Balaban J connectivity index is 1.60. The van der Waals surface area contributed by atoms with Gasteiger partial charge in [-0.25, -0.2) is 0 Å². The van der Waals surface area contributed by atoms with E-state index in [0.717, 1.165) is 0 Å². The molecule has 0 bridgehead atoms. The first kappa shape index (κ1) is 25.9. The van der Waals surface area contributed by atoms with Crippen LogP contribution in [0.1, 0.15) is 12.7 Å². The SMILES string of the molecule is CCn1c(CC(=O)Nc2ccc(Cl)c(Cl)c2)nnc1SCC(=O)Nc1cc(Cl)c(Cl)cc1Cl. The Morgan fingerprint density at radius 3 is 2.27 bits per heavy atom. The van der Waals surface area contributed by atoms with Gasteiger partial charge in [0.25, 0.3) is 0 Å². The predicted octanol–water partition coefficient (Wildman–Crippen LogP) is 6.48. The first-order valence-corrected chi connectivity index (χ1v) is 12.3. The van der Waals surface area contributed by atoms with Crippen molar-refractivity contribution in [3.05, 3.63) is 61.3 Å². The molecule has 0 spiro atoms. The number of halogens is 5. The number of carbonyl (C=O) groups excluding carboxylic acids is 2. The molecular weight excluding hydrogens is 552 g/mol. The zero-order chi connectivity index (χ0) is 24.1. The molecule has 13 heteroatoms. The molecule has 3 rings (SSSR count). The summed E-state index contributed by atoms with van der Waals surface area (Å²) < 4.78 is 1.76. The first-order chi connectivity index (χ1) is 15.7. The second-order valence-electron chi connectivity index (χ2n) is 6.58. The van der Waals surface area contributed by atoms with Gasteiger partial charge in [0, 0.05) is 12.2 Å². The topological polar surface area (TPSA) is 88.9 Å². The van der Waals surface area contributed by atoms with Gasteiger partial charge in [-0.3, -0.25) is 9.59 Å². The number of thioether (sulfide) groups is 1. The van der Waals surface area contributed by atoms with Crippen molar-refractivity contribution in [2.45, 2.75) is 25.0 Å². The Morgan fingerprint density at radius 2 is 1.58 bits per heavy atom. The van der Waals surface area contributed by atoms with Gasteiger partial charge in [0.15, 0.2) is 5.16 Å². The molecule has 0 saturated heterocycles. The number of aromatic nitrogens is 3. The van der Waals surface area contributed by atoms with E-state index in [1.165, 1.54) is 23.9 Å². The summed E-state index contributed by atoms with van der Waals surface area (Å²) in [6.07, 6.45) is -0.00722. The molecular formula is C20H16Cl5N5O2S. The minimum Gasteiger partial charge on any atom is -0.326 e. The van der Waals surface area contributed by atoms with Gasteiger partial charge in [-0.2, -0.15) is 0 Å². The van der Waals surface area contributed by atoms with Crippen LogP contribution in [0.3, 0.4) is 0 Å². The molecule has 0 radical (unpaired) electrons. The highest BCUT2D eigenvalue weighted by atomic mass is 35.5. The highest BCUT2D eigenvalue weighted by molar-refractivity contribution is 7.99. The van der Waals surface area contributed by atoms with E-state index >= 15 is 0 Å². The normalized spacial score (nSPS) is 10.8. The Hall–Kier alpha value is -1.68. The number of benzene rings is 2. The average molecular weight is 568 g/mol. The number of hydrogen-bond acceptors (Lipinski definition) is 5. The first-order valence-electron chi connectivity index (χ1n) is 9.42. The summed E-state index contributed by atoms with van der Waals surface area (Å²) in [6, 6.07) is 7.74.